The lowest BCUT2D eigenvalue weighted by Gasteiger charge is -2.00. The summed E-state index contributed by atoms with van der Waals surface area (Å²) in [5.41, 5.74) is 4.96. The van der Waals surface area contributed by atoms with Crippen LogP contribution >= 0.6 is 11.3 Å². The summed E-state index contributed by atoms with van der Waals surface area (Å²) in [5.74, 6) is 0.920. The molecular weight excluding hydrogens is 344 g/mol. The molecule has 2 N–H and O–H groups in total. The molecule has 0 unspecified atom stereocenters. The Kier molecular flexibility index (Phi) is 3.99. The molecule has 0 saturated heterocycles. The molecule has 2 aromatic carbocycles. The van der Waals surface area contributed by atoms with Gasteiger partial charge < -0.3 is 10.1 Å². The number of aromatic amines is 1. The van der Waals surface area contributed by atoms with Crippen molar-refractivity contribution in [3.05, 3.63) is 65.2 Å². The zero-order chi connectivity index (χ0) is 18.1. The molecule has 0 fully saturated rings. The smallest absolute Gasteiger partial charge is 0.142 e. The first-order chi connectivity index (χ1) is 12.6. The second-order valence-corrected chi connectivity index (χ2v) is 6.70. The first-order valence-corrected chi connectivity index (χ1v) is 8.84. The molecule has 4 aromatic rings. The number of thiazole rings is 1. The summed E-state index contributed by atoms with van der Waals surface area (Å²) in [7, 11) is 0. The Hall–Kier alpha value is -3.43. The molecule has 2 heterocycles. The Labute approximate surface area is 154 Å². The fraction of sp³-hybridized carbons (Fsp3) is 0.0500. The molecule has 0 radical (unpaired) electrons. The van der Waals surface area contributed by atoms with E-state index in [1.807, 2.05) is 36.6 Å². The average molecular weight is 358 g/mol. The van der Waals surface area contributed by atoms with Crippen molar-refractivity contribution in [2.24, 2.45) is 0 Å². The van der Waals surface area contributed by atoms with Crippen LogP contribution in [0.25, 0.3) is 33.3 Å². The Bertz CT molecular complexity index is 1100. The second kappa shape index (κ2) is 6.47. The fourth-order valence-corrected chi connectivity index (χ4v) is 3.46. The normalized spacial score (nSPS) is 10.6. The molecule has 6 heteroatoms. The van der Waals surface area contributed by atoms with Crippen molar-refractivity contribution < 1.29 is 5.11 Å². The molecule has 0 atom stereocenters. The number of rotatable bonds is 3. The Morgan fingerprint density at radius 3 is 2.31 bits per heavy atom. The van der Waals surface area contributed by atoms with Gasteiger partial charge in [-0.2, -0.15) is 5.26 Å². The molecular formula is C20H14N4OS. The first-order valence-electron chi connectivity index (χ1n) is 7.96. The molecule has 0 bridgehead atoms. The number of aromatic hydroxyl groups is 1. The first kappa shape index (κ1) is 16.1. The van der Waals surface area contributed by atoms with E-state index in [1.165, 1.54) is 0 Å². The highest BCUT2D eigenvalue weighted by Gasteiger charge is 2.17. The van der Waals surface area contributed by atoms with Gasteiger partial charge in [-0.15, -0.1) is 11.3 Å². The van der Waals surface area contributed by atoms with Gasteiger partial charge >= 0.3 is 0 Å². The van der Waals surface area contributed by atoms with Gasteiger partial charge in [-0.1, -0.05) is 0 Å². The van der Waals surface area contributed by atoms with Crippen molar-refractivity contribution >= 4 is 11.3 Å². The molecule has 0 amide bonds. The number of imidazole rings is 1. The van der Waals surface area contributed by atoms with Gasteiger partial charge in [-0.05, 0) is 55.5 Å². The van der Waals surface area contributed by atoms with Crippen LogP contribution in [0.1, 0.15) is 11.3 Å². The highest BCUT2D eigenvalue weighted by Crippen LogP contribution is 2.35. The summed E-state index contributed by atoms with van der Waals surface area (Å²) in [6.45, 7) is 1.96. The molecule has 126 valence electrons. The van der Waals surface area contributed by atoms with Crippen LogP contribution in [0, 0.1) is 18.3 Å². The van der Waals surface area contributed by atoms with E-state index in [4.69, 9.17) is 10.2 Å². The highest BCUT2D eigenvalue weighted by atomic mass is 32.1. The summed E-state index contributed by atoms with van der Waals surface area (Å²) in [4.78, 5) is 12.7. The number of H-pyrrole nitrogens is 1. The monoisotopic (exact) mass is 358 g/mol. The maximum atomic E-state index is 9.56. The van der Waals surface area contributed by atoms with Crippen molar-refractivity contribution in [2.75, 3.05) is 0 Å². The number of nitriles is 1. The molecule has 4 rings (SSSR count). The van der Waals surface area contributed by atoms with Crippen LogP contribution in [0.2, 0.25) is 0 Å². The molecule has 0 spiro atoms. The second-order valence-electron chi connectivity index (χ2n) is 5.84. The number of nitrogens with one attached hydrogen (secondary N) is 1. The minimum atomic E-state index is 0.211. The standard InChI is InChI=1S/C20H14N4OS/c1-12-11-26-20(22-12)18-17(14-6-8-16(25)9-7-14)23-19(24-18)15-4-2-13(10-21)3-5-15/h2-9,11,25H,1H3,(H,23,24). The molecule has 0 saturated carbocycles. The SMILES string of the molecule is Cc1csc(-c2[nH]c(-c3ccc(C#N)cc3)nc2-c2ccc(O)cc2)n1. The lowest BCUT2D eigenvalue weighted by molar-refractivity contribution is 0.475. The van der Waals surface area contributed by atoms with E-state index in [2.05, 4.69) is 16.0 Å². The van der Waals surface area contributed by atoms with Crippen LogP contribution in [0.4, 0.5) is 0 Å². The predicted octanol–water partition coefficient (Wildman–Crippen LogP) is 4.75. The van der Waals surface area contributed by atoms with Crippen LogP contribution in [-0.4, -0.2) is 20.1 Å². The number of hydrogen-bond acceptors (Lipinski definition) is 5. The van der Waals surface area contributed by atoms with E-state index < -0.39 is 0 Å². The van der Waals surface area contributed by atoms with Crippen molar-refractivity contribution in [1.29, 1.82) is 5.26 Å². The van der Waals surface area contributed by atoms with Gasteiger partial charge in [0.15, 0.2) is 0 Å². The van der Waals surface area contributed by atoms with Gasteiger partial charge in [-0.25, -0.2) is 9.97 Å². The van der Waals surface area contributed by atoms with E-state index in [0.717, 1.165) is 33.2 Å². The number of phenols is 1. The van der Waals surface area contributed by atoms with Crippen LogP contribution in [0.5, 0.6) is 5.75 Å². The van der Waals surface area contributed by atoms with E-state index in [0.29, 0.717) is 11.4 Å². The summed E-state index contributed by atoms with van der Waals surface area (Å²) < 4.78 is 0. The van der Waals surface area contributed by atoms with Gasteiger partial charge in [0.05, 0.1) is 17.3 Å². The molecule has 0 aliphatic carbocycles. The quantitative estimate of drug-likeness (QED) is 0.553. The molecule has 2 aromatic heterocycles. The third kappa shape index (κ3) is 2.96. The lowest BCUT2D eigenvalue weighted by atomic mass is 10.1. The molecule has 5 nitrogen and oxygen atoms in total. The average Bonchev–Trinajstić information content (AvgIpc) is 3.29. The van der Waals surface area contributed by atoms with E-state index in [1.54, 1.807) is 35.6 Å². The van der Waals surface area contributed by atoms with Gasteiger partial charge in [0, 0.05) is 22.2 Å². The number of benzene rings is 2. The van der Waals surface area contributed by atoms with E-state index in [-0.39, 0.29) is 5.75 Å². The molecule has 0 aliphatic rings. The lowest BCUT2D eigenvalue weighted by Crippen LogP contribution is -1.83. The Morgan fingerprint density at radius 2 is 1.69 bits per heavy atom. The van der Waals surface area contributed by atoms with Gasteiger partial charge in [0.2, 0.25) is 0 Å². The summed E-state index contributed by atoms with van der Waals surface area (Å²) in [6, 6.07) is 16.3. The minimum Gasteiger partial charge on any atom is -0.508 e. The topological polar surface area (TPSA) is 85.6 Å². The Morgan fingerprint density at radius 1 is 1.00 bits per heavy atom. The van der Waals surface area contributed by atoms with Crippen molar-refractivity contribution in [2.45, 2.75) is 6.92 Å². The fourth-order valence-electron chi connectivity index (χ4n) is 2.66. The van der Waals surface area contributed by atoms with Crippen molar-refractivity contribution in [3.8, 4) is 45.2 Å². The molecule has 0 aliphatic heterocycles. The number of nitrogens with zero attached hydrogens (tertiary/aromatic N) is 3. The maximum Gasteiger partial charge on any atom is 0.142 e. The van der Waals surface area contributed by atoms with Crippen LogP contribution in [0.15, 0.2) is 53.9 Å². The van der Waals surface area contributed by atoms with E-state index >= 15 is 0 Å². The number of aryl methyl sites for hydroxylation is 1. The third-order valence-electron chi connectivity index (χ3n) is 3.96. The summed E-state index contributed by atoms with van der Waals surface area (Å²) in [6.07, 6.45) is 0. The summed E-state index contributed by atoms with van der Waals surface area (Å²) in [5, 5.41) is 21.4. The zero-order valence-corrected chi connectivity index (χ0v) is 14.7. The summed E-state index contributed by atoms with van der Waals surface area (Å²) >= 11 is 1.55. The number of hydrogen-bond donors (Lipinski definition) is 2. The maximum absolute atomic E-state index is 9.56. The number of aromatic nitrogens is 3. The van der Waals surface area contributed by atoms with Crippen molar-refractivity contribution in [3.63, 3.8) is 0 Å². The van der Waals surface area contributed by atoms with Gasteiger partial charge in [-0.3, -0.25) is 0 Å². The van der Waals surface area contributed by atoms with Crippen LogP contribution in [-0.2, 0) is 0 Å². The van der Waals surface area contributed by atoms with Crippen LogP contribution in [0.3, 0.4) is 0 Å². The third-order valence-corrected chi connectivity index (χ3v) is 4.94. The molecule has 26 heavy (non-hydrogen) atoms. The van der Waals surface area contributed by atoms with Crippen molar-refractivity contribution in [1.82, 2.24) is 15.0 Å². The predicted molar refractivity (Wildman–Crippen MR) is 102 cm³/mol. The van der Waals surface area contributed by atoms with Gasteiger partial charge in [0.25, 0.3) is 0 Å². The highest BCUT2D eigenvalue weighted by molar-refractivity contribution is 7.13. The van der Waals surface area contributed by atoms with E-state index in [9.17, 15) is 5.11 Å². The zero-order valence-electron chi connectivity index (χ0n) is 13.9. The van der Waals surface area contributed by atoms with Crippen LogP contribution < -0.4 is 0 Å². The van der Waals surface area contributed by atoms with Gasteiger partial charge in [0.1, 0.15) is 22.3 Å². The largest absolute Gasteiger partial charge is 0.508 e. The minimum absolute atomic E-state index is 0.211. The number of phenolic OH excluding ortho intramolecular Hbond substituents is 1. The Balaban J connectivity index is 1.86.